The van der Waals surface area contributed by atoms with Crippen molar-refractivity contribution in [1.29, 1.82) is 0 Å². The summed E-state index contributed by atoms with van der Waals surface area (Å²) in [6.07, 6.45) is 0. The van der Waals surface area contributed by atoms with Gasteiger partial charge in [0.25, 0.3) is 0 Å². The van der Waals surface area contributed by atoms with Crippen molar-refractivity contribution in [3.63, 3.8) is 0 Å². The van der Waals surface area contributed by atoms with Crippen LogP contribution in [0.25, 0.3) is 0 Å². The molecule has 0 aromatic heterocycles. The number of carbonyl (C=O) groups is 1. The summed E-state index contributed by atoms with van der Waals surface area (Å²) in [5, 5.41) is 0. The van der Waals surface area contributed by atoms with Gasteiger partial charge in [-0.15, -0.1) is 0 Å². The zero-order valence-corrected chi connectivity index (χ0v) is 9.77. The molecule has 1 aromatic rings. The van der Waals surface area contributed by atoms with Crippen LogP contribution in [-0.4, -0.2) is 31.0 Å². The van der Waals surface area contributed by atoms with E-state index >= 15 is 0 Å². The summed E-state index contributed by atoms with van der Waals surface area (Å²) < 4.78 is 5.33. The maximum atomic E-state index is 11.3. The quantitative estimate of drug-likeness (QED) is 0.808. The predicted octanol–water partition coefficient (Wildman–Crippen LogP) is 1.00. The molecule has 0 spiro atoms. The predicted molar refractivity (Wildman–Crippen MR) is 63.1 cm³/mol. The van der Waals surface area contributed by atoms with Gasteiger partial charge in [-0.2, -0.15) is 0 Å². The summed E-state index contributed by atoms with van der Waals surface area (Å²) in [7, 11) is 1.74. The van der Waals surface area contributed by atoms with Gasteiger partial charge in [-0.05, 0) is 24.6 Å². The van der Waals surface area contributed by atoms with Gasteiger partial charge in [-0.1, -0.05) is 12.1 Å². The summed E-state index contributed by atoms with van der Waals surface area (Å²) >= 11 is 0. The van der Waals surface area contributed by atoms with Crippen LogP contribution in [0.3, 0.4) is 0 Å². The molecule has 0 saturated heterocycles. The van der Waals surface area contributed by atoms with Crippen LogP contribution in [0, 0.1) is 0 Å². The van der Waals surface area contributed by atoms with Crippen molar-refractivity contribution in [2.24, 2.45) is 5.73 Å². The molecule has 1 aromatic carbocycles. The highest BCUT2D eigenvalue weighted by atomic mass is 16.5. The van der Waals surface area contributed by atoms with Crippen LogP contribution in [0.1, 0.15) is 12.5 Å². The topological polar surface area (TPSA) is 55.6 Å². The van der Waals surface area contributed by atoms with E-state index in [1.807, 2.05) is 31.2 Å². The SMILES string of the molecule is CCOc1ccc(CN(C)C(=O)CN)cc1. The van der Waals surface area contributed by atoms with Gasteiger partial charge in [0, 0.05) is 13.6 Å². The Balaban J connectivity index is 2.58. The van der Waals surface area contributed by atoms with Gasteiger partial charge in [0.05, 0.1) is 13.2 Å². The Bertz CT molecular complexity index is 335. The van der Waals surface area contributed by atoms with E-state index in [-0.39, 0.29) is 12.5 Å². The molecular formula is C12H18N2O2. The number of hydrogen-bond donors (Lipinski definition) is 1. The van der Waals surface area contributed by atoms with Crippen molar-refractivity contribution in [2.45, 2.75) is 13.5 Å². The molecule has 0 unspecified atom stereocenters. The second-order valence-electron chi connectivity index (χ2n) is 3.53. The first-order chi connectivity index (χ1) is 7.67. The van der Waals surface area contributed by atoms with E-state index in [0.717, 1.165) is 11.3 Å². The Morgan fingerprint density at radius 1 is 1.38 bits per heavy atom. The number of amides is 1. The highest BCUT2D eigenvalue weighted by molar-refractivity contribution is 5.77. The molecule has 0 aliphatic rings. The number of nitrogens with two attached hydrogens (primary N) is 1. The number of carbonyl (C=O) groups excluding carboxylic acids is 1. The molecule has 1 rings (SSSR count). The van der Waals surface area contributed by atoms with Gasteiger partial charge in [-0.25, -0.2) is 0 Å². The van der Waals surface area contributed by atoms with Gasteiger partial charge in [0.1, 0.15) is 5.75 Å². The first kappa shape index (κ1) is 12.5. The summed E-state index contributed by atoms with van der Waals surface area (Å²) in [4.78, 5) is 12.9. The molecule has 0 bridgehead atoms. The third kappa shape index (κ3) is 3.55. The second kappa shape index (κ2) is 6.12. The summed E-state index contributed by atoms with van der Waals surface area (Å²) in [5.74, 6) is 0.785. The second-order valence-corrected chi connectivity index (χ2v) is 3.53. The maximum absolute atomic E-state index is 11.3. The largest absolute Gasteiger partial charge is 0.494 e. The molecule has 16 heavy (non-hydrogen) atoms. The Labute approximate surface area is 96.0 Å². The molecule has 4 heteroatoms. The van der Waals surface area contributed by atoms with Gasteiger partial charge < -0.3 is 15.4 Å². The molecule has 0 fully saturated rings. The van der Waals surface area contributed by atoms with Gasteiger partial charge >= 0.3 is 0 Å². The number of benzene rings is 1. The van der Waals surface area contributed by atoms with Crippen LogP contribution < -0.4 is 10.5 Å². The fraction of sp³-hybridized carbons (Fsp3) is 0.417. The van der Waals surface area contributed by atoms with Crippen molar-refractivity contribution < 1.29 is 9.53 Å². The molecule has 0 atom stereocenters. The molecule has 0 aliphatic heterocycles. The minimum Gasteiger partial charge on any atom is -0.494 e. The number of rotatable bonds is 5. The lowest BCUT2D eigenvalue weighted by Crippen LogP contribution is -2.32. The van der Waals surface area contributed by atoms with Crippen LogP contribution in [0.4, 0.5) is 0 Å². The summed E-state index contributed by atoms with van der Waals surface area (Å²) in [6, 6.07) is 7.70. The molecule has 0 aliphatic carbocycles. The standard InChI is InChI=1S/C12H18N2O2/c1-3-16-11-6-4-10(5-7-11)9-14(2)12(15)8-13/h4-7H,3,8-9,13H2,1-2H3. The molecule has 88 valence electrons. The van der Waals surface area contributed by atoms with Crippen molar-refractivity contribution in [1.82, 2.24) is 4.90 Å². The number of likely N-dealkylation sites (N-methyl/N-ethyl adjacent to an activating group) is 1. The monoisotopic (exact) mass is 222 g/mol. The lowest BCUT2D eigenvalue weighted by Gasteiger charge is -2.16. The first-order valence-electron chi connectivity index (χ1n) is 5.33. The summed E-state index contributed by atoms with van der Waals surface area (Å²) in [5.41, 5.74) is 6.34. The van der Waals surface area contributed by atoms with E-state index in [4.69, 9.17) is 10.5 Å². The Morgan fingerprint density at radius 3 is 2.50 bits per heavy atom. The molecule has 1 amide bonds. The Kier molecular flexibility index (Phi) is 4.79. The Morgan fingerprint density at radius 2 is 2.00 bits per heavy atom. The van der Waals surface area contributed by atoms with Gasteiger partial charge in [0.15, 0.2) is 0 Å². The van der Waals surface area contributed by atoms with E-state index in [9.17, 15) is 4.79 Å². The molecule has 0 saturated carbocycles. The fourth-order valence-corrected chi connectivity index (χ4v) is 1.38. The minimum absolute atomic E-state index is 0.0491. The van der Waals surface area contributed by atoms with E-state index in [1.165, 1.54) is 0 Å². The van der Waals surface area contributed by atoms with Crippen molar-refractivity contribution in [2.75, 3.05) is 20.2 Å². The van der Waals surface area contributed by atoms with Crippen LogP contribution in [0.15, 0.2) is 24.3 Å². The van der Waals surface area contributed by atoms with E-state index in [0.29, 0.717) is 13.2 Å². The molecule has 4 nitrogen and oxygen atoms in total. The third-order valence-corrected chi connectivity index (χ3v) is 2.25. The lowest BCUT2D eigenvalue weighted by molar-refractivity contribution is -0.128. The van der Waals surface area contributed by atoms with Gasteiger partial charge in [0.2, 0.25) is 5.91 Å². The fourth-order valence-electron chi connectivity index (χ4n) is 1.38. The molecular weight excluding hydrogens is 204 g/mol. The number of nitrogens with zero attached hydrogens (tertiary/aromatic N) is 1. The first-order valence-corrected chi connectivity index (χ1v) is 5.33. The smallest absolute Gasteiger partial charge is 0.236 e. The summed E-state index contributed by atoms with van der Waals surface area (Å²) in [6.45, 7) is 3.22. The molecule has 2 N–H and O–H groups in total. The van der Waals surface area contributed by atoms with Crippen LogP contribution in [0.5, 0.6) is 5.75 Å². The maximum Gasteiger partial charge on any atom is 0.236 e. The molecule has 0 heterocycles. The van der Waals surface area contributed by atoms with Crippen molar-refractivity contribution in [3.05, 3.63) is 29.8 Å². The zero-order valence-electron chi connectivity index (χ0n) is 9.77. The number of hydrogen-bond acceptors (Lipinski definition) is 3. The minimum atomic E-state index is -0.0612. The number of ether oxygens (including phenoxy) is 1. The van der Waals surface area contributed by atoms with Crippen LogP contribution >= 0.6 is 0 Å². The van der Waals surface area contributed by atoms with Crippen molar-refractivity contribution in [3.8, 4) is 5.75 Å². The highest BCUT2D eigenvalue weighted by Gasteiger charge is 2.06. The lowest BCUT2D eigenvalue weighted by atomic mass is 10.2. The normalized spacial score (nSPS) is 9.94. The van der Waals surface area contributed by atoms with Gasteiger partial charge in [-0.3, -0.25) is 4.79 Å². The zero-order chi connectivity index (χ0) is 12.0. The average molecular weight is 222 g/mol. The average Bonchev–Trinajstić information content (AvgIpc) is 2.31. The van der Waals surface area contributed by atoms with E-state index < -0.39 is 0 Å². The molecule has 0 radical (unpaired) electrons. The highest BCUT2D eigenvalue weighted by Crippen LogP contribution is 2.13. The van der Waals surface area contributed by atoms with Crippen LogP contribution in [-0.2, 0) is 11.3 Å². The van der Waals surface area contributed by atoms with Crippen molar-refractivity contribution >= 4 is 5.91 Å². The van der Waals surface area contributed by atoms with E-state index in [2.05, 4.69) is 0 Å². The Hall–Kier alpha value is -1.55. The third-order valence-electron chi connectivity index (χ3n) is 2.25. The van der Waals surface area contributed by atoms with Crippen LogP contribution in [0.2, 0.25) is 0 Å². The van der Waals surface area contributed by atoms with E-state index in [1.54, 1.807) is 11.9 Å².